The van der Waals surface area contributed by atoms with Crippen LogP contribution in [-0.2, 0) is 31.8 Å². The summed E-state index contributed by atoms with van der Waals surface area (Å²) in [7, 11) is 0. The van der Waals surface area contributed by atoms with E-state index in [2.05, 4.69) is 23.3 Å². The Bertz CT molecular complexity index is 916. The van der Waals surface area contributed by atoms with E-state index in [1.54, 1.807) is 13.8 Å². The number of aryl methyl sites for hydroxylation is 2. The summed E-state index contributed by atoms with van der Waals surface area (Å²) in [5, 5.41) is 2.94. The second kappa shape index (κ2) is 10.5. The van der Waals surface area contributed by atoms with Crippen LogP contribution in [0.2, 0.25) is 0 Å². The van der Waals surface area contributed by atoms with Crippen LogP contribution in [0.3, 0.4) is 0 Å². The molecule has 1 N–H and O–H groups in total. The second-order valence-corrected chi connectivity index (χ2v) is 12.2. The van der Waals surface area contributed by atoms with Crippen LogP contribution >= 0.6 is 0 Å². The molecule has 0 aromatic carbocycles. The van der Waals surface area contributed by atoms with Crippen molar-refractivity contribution in [2.45, 2.75) is 123 Å². The highest BCUT2D eigenvalue weighted by Crippen LogP contribution is 2.39. The normalized spacial score (nSPS) is 22.7. The minimum Gasteiger partial charge on any atom is -0.444 e. The molecule has 1 saturated heterocycles. The van der Waals surface area contributed by atoms with Gasteiger partial charge in [0.1, 0.15) is 5.60 Å². The molecule has 196 valence electrons. The largest absolute Gasteiger partial charge is 0.444 e. The van der Waals surface area contributed by atoms with Crippen LogP contribution in [0.4, 0.5) is 4.79 Å². The Morgan fingerprint density at radius 3 is 2.51 bits per heavy atom. The van der Waals surface area contributed by atoms with Gasteiger partial charge in [-0.2, -0.15) is 0 Å². The summed E-state index contributed by atoms with van der Waals surface area (Å²) in [4.78, 5) is 30.9. The van der Waals surface area contributed by atoms with Gasteiger partial charge in [0, 0.05) is 32.2 Å². The van der Waals surface area contributed by atoms with Crippen molar-refractivity contribution in [3.63, 3.8) is 0 Å². The highest BCUT2D eigenvalue weighted by atomic mass is 16.8. The SMILES string of the molecule is Cc1cnc(C[C@]2(C(CC(C)C)NC(=O)OC(C)(C)C)OC(C)(C)OC2=O)cc1CCCC1CC1. The van der Waals surface area contributed by atoms with Gasteiger partial charge in [-0.05, 0) is 76.0 Å². The lowest BCUT2D eigenvalue weighted by molar-refractivity contribution is -0.170. The van der Waals surface area contributed by atoms with Crippen LogP contribution < -0.4 is 5.32 Å². The van der Waals surface area contributed by atoms with Crippen molar-refractivity contribution < 1.29 is 23.8 Å². The Kier molecular flexibility index (Phi) is 8.19. The molecule has 0 radical (unpaired) electrons. The predicted octanol–water partition coefficient (Wildman–Crippen LogP) is 5.65. The standard InChI is InChI=1S/C28H44N2O5/c1-18(2)14-23(30-25(32)34-26(4,5)6)28(24(31)33-27(7,8)35-28)16-22-15-21(19(3)17-29-22)11-9-10-20-12-13-20/h15,17-18,20,23H,9-14,16H2,1-8H3,(H,30,32)/t23?,28-/m1/s1. The van der Waals surface area contributed by atoms with Crippen LogP contribution in [0.5, 0.6) is 0 Å². The minimum absolute atomic E-state index is 0.191. The molecule has 0 spiro atoms. The van der Waals surface area contributed by atoms with E-state index >= 15 is 0 Å². The van der Waals surface area contributed by atoms with Gasteiger partial charge in [0.25, 0.3) is 0 Å². The third-order valence-corrected chi connectivity index (χ3v) is 6.54. The minimum atomic E-state index is -1.40. The molecule has 1 amide bonds. The quantitative estimate of drug-likeness (QED) is 0.428. The molecule has 1 aromatic rings. The van der Waals surface area contributed by atoms with Gasteiger partial charge in [-0.3, -0.25) is 4.98 Å². The number of pyridine rings is 1. The van der Waals surface area contributed by atoms with Gasteiger partial charge < -0.3 is 19.5 Å². The average molecular weight is 489 g/mol. The third-order valence-electron chi connectivity index (χ3n) is 6.54. The molecule has 1 unspecified atom stereocenters. The molecule has 3 rings (SSSR count). The summed E-state index contributed by atoms with van der Waals surface area (Å²) in [5.74, 6) is -0.503. The van der Waals surface area contributed by atoms with E-state index in [0.717, 1.165) is 30.0 Å². The predicted molar refractivity (Wildman–Crippen MR) is 135 cm³/mol. The zero-order valence-electron chi connectivity index (χ0n) is 22.8. The molecule has 7 nitrogen and oxygen atoms in total. The number of hydrogen-bond acceptors (Lipinski definition) is 6. The molecule has 1 saturated carbocycles. The van der Waals surface area contributed by atoms with Crippen molar-refractivity contribution in [1.29, 1.82) is 0 Å². The fraction of sp³-hybridized carbons (Fsp3) is 0.750. The fourth-order valence-electron chi connectivity index (χ4n) is 4.78. The molecular weight excluding hydrogens is 444 g/mol. The van der Waals surface area contributed by atoms with Gasteiger partial charge in [-0.1, -0.05) is 33.1 Å². The number of aromatic nitrogens is 1. The van der Waals surface area contributed by atoms with Crippen molar-refractivity contribution in [3.05, 3.63) is 29.1 Å². The smallest absolute Gasteiger partial charge is 0.407 e. The summed E-state index contributed by atoms with van der Waals surface area (Å²) >= 11 is 0. The first-order valence-corrected chi connectivity index (χ1v) is 13.1. The molecule has 7 heteroatoms. The van der Waals surface area contributed by atoms with Gasteiger partial charge in [0.15, 0.2) is 5.60 Å². The number of amides is 1. The number of carbonyl (C=O) groups excluding carboxylic acids is 2. The number of carbonyl (C=O) groups is 2. The number of cyclic esters (lactones) is 1. The van der Waals surface area contributed by atoms with Crippen molar-refractivity contribution in [2.75, 3.05) is 0 Å². The zero-order valence-corrected chi connectivity index (χ0v) is 22.8. The Hall–Kier alpha value is -2.15. The van der Waals surface area contributed by atoms with Crippen LogP contribution in [-0.4, -0.2) is 40.1 Å². The number of hydrogen-bond donors (Lipinski definition) is 1. The monoisotopic (exact) mass is 488 g/mol. The summed E-state index contributed by atoms with van der Waals surface area (Å²) in [5.41, 5.74) is 1.09. The number of alkyl carbamates (subject to hydrolysis) is 1. The maximum absolute atomic E-state index is 13.4. The van der Waals surface area contributed by atoms with E-state index in [-0.39, 0.29) is 12.3 Å². The molecule has 2 atom stereocenters. The maximum Gasteiger partial charge on any atom is 0.407 e. The Labute approximate surface area is 210 Å². The number of esters is 1. The molecule has 2 aliphatic rings. The highest BCUT2D eigenvalue weighted by molar-refractivity contribution is 5.84. The van der Waals surface area contributed by atoms with Crippen molar-refractivity contribution in [2.24, 2.45) is 11.8 Å². The van der Waals surface area contributed by atoms with Crippen LogP contribution in [0.1, 0.15) is 97.4 Å². The Morgan fingerprint density at radius 1 is 1.29 bits per heavy atom. The first-order chi connectivity index (χ1) is 16.2. The Morgan fingerprint density at radius 2 is 1.97 bits per heavy atom. The molecule has 2 heterocycles. The van der Waals surface area contributed by atoms with E-state index in [0.29, 0.717) is 6.42 Å². The third kappa shape index (κ3) is 7.66. The zero-order chi connectivity index (χ0) is 26.0. The average Bonchev–Trinajstić information content (AvgIpc) is 3.47. The lowest BCUT2D eigenvalue weighted by atomic mass is 9.83. The van der Waals surface area contributed by atoms with Gasteiger partial charge in [0.05, 0.1) is 6.04 Å². The molecule has 1 aromatic heterocycles. The number of nitrogens with zero attached hydrogens (tertiary/aromatic N) is 1. The molecule has 1 aliphatic heterocycles. The molecule has 2 fully saturated rings. The summed E-state index contributed by atoms with van der Waals surface area (Å²) in [6.07, 6.45) is 8.15. The van der Waals surface area contributed by atoms with E-state index in [1.165, 1.54) is 24.8 Å². The topological polar surface area (TPSA) is 86.8 Å². The first kappa shape index (κ1) is 27.4. The van der Waals surface area contributed by atoms with Crippen LogP contribution in [0.15, 0.2) is 12.3 Å². The van der Waals surface area contributed by atoms with Crippen molar-refractivity contribution >= 4 is 12.1 Å². The van der Waals surface area contributed by atoms with Gasteiger partial charge >= 0.3 is 12.1 Å². The van der Waals surface area contributed by atoms with Gasteiger partial charge in [0.2, 0.25) is 5.79 Å². The fourth-order valence-corrected chi connectivity index (χ4v) is 4.78. The van der Waals surface area contributed by atoms with Gasteiger partial charge in [-0.15, -0.1) is 0 Å². The summed E-state index contributed by atoms with van der Waals surface area (Å²) < 4.78 is 17.5. The maximum atomic E-state index is 13.4. The van der Waals surface area contributed by atoms with Gasteiger partial charge in [-0.25, -0.2) is 9.59 Å². The molecule has 1 aliphatic carbocycles. The lowest BCUT2D eigenvalue weighted by Crippen LogP contribution is -2.59. The first-order valence-electron chi connectivity index (χ1n) is 13.1. The summed E-state index contributed by atoms with van der Waals surface area (Å²) in [6.45, 7) is 15.0. The molecule has 0 bridgehead atoms. The van der Waals surface area contributed by atoms with Crippen molar-refractivity contribution in [3.8, 4) is 0 Å². The highest BCUT2D eigenvalue weighted by Gasteiger charge is 2.59. The number of rotatable bonds is 10. The van der Waals surface area contributed by atoms with Crippen LogP contribution in [0, 0.1) is 18.8 Å². The van der Waals surface area contributed by atoms with E-state index in [4.69, 9.17) is 14.2 Å². The number of nitrogens with one attached hydrogen (secondary N) is 1. The van der Waals surface area contributed by atoms with Crippen molar-refractivity contribution in [1.82, 2.24) is 10.3 Å². The lowest BCUT2D eigenvalue weighted by Gasteiger charge is -2.36. The van der Waals surface area contributed by atoms with E-state index < -0.39 is 35.1 Å². The summed E-state index contributed by atoms with van der Waals surface area (Å²) in [6, 6.07) is 1.44. The number of ether oxygens (including phenoxy) is 3. The molecular formula is C28H44N2O5. The van der Waals surface area contributed by atoms with E-state index in [9.17, 15) is 9.59 Å². The molecule has 35 heavy (non-hydrogen) atoms. The Balaban J connectivity index is 1.90. The van der Waals surface area contributed by atoms with Crippen LogP contribution in [0.25, 0.3) is 0 Å². The second-order valence-electron chi connectivity index (χ2n) is 12.2. The van der Waals surface area contributed by atoms with E-state index in [1.807, 2.05) is 40.8 Å².